The first-order chi connectivity index (χ1) is 10.1. The highest BCUT2D eigenvalue weighted by Crippen LogP contribution is 2.31. The van der Waals surface area contributed by atoms with Crippen molar-refractivity contribution < 1.29 is 4.39 Å². The van der Waals surface area contributed by atoms with Gasteiger partial charge in [0.05, 0.1) is 23.1 Å². The first-order valence-corrected chi connectivity index (χ1v) is 7.23. The molecule has 0 amide bonds. The number of pyridine rings is 1. The molecule has 3 nitrogen and oxygen atoms in total. The number of hydrogen-bond acceptors (Lipinski definition) is 2. The lowest BCUT2D eigenvalue weighted by Crippen LogP contribution is -2.12. The first kappa shape index (κ1) is 14.0. The van der Waals surface area contributed by atoms with Crippen LogP contribution in [0, 0.1) is 5.82 Å². The van der Waals surface area contributed by atoms with Gasteiger partial charge in [0.1, 0.15) is 17.2 Å². The second-order valence-electron chi connectivity index (χ2n) is 5.02. The number of alkyl halides is 1. The van der Waals surface area contributed by atoms with Gasteiger partial charge in [0.25, 0.3) is 0 Å². The molecule has 2 aromatic heterocycles. The zero-order chi connectivity index (χ0) is 15.0. The van der Waals surface area contributed by atoms with Gasteiger partial charge in [-0.05, 0) is 26.0 Å². The van der Waals surface area contributed by atoms with Crippen molar-refractivity contribution in [3.05, 3.63) is 59.9 Å². The molecule has 2 heterocycles. The van der Waals surface area contributed by atoms with E-state index in [0.29, 0.717) is 5.56 Å². The number of nitrogens with zero attached hydrogens (tertiary/aromatic N) is 3. The van der Waals surface area contributed by atoms with Crippen LogP contribution in [0.25, 0.3) is 11.0 Å². The number of aromatic nitrogens is 3. The predicted molar refractivity (Wildman–Crippen MR) is 82.0 cm³/mol. The number of imidazole rings is 1. The summed E-state index contributed by atoms with van der Waals surface area (Å²) in [4.78, 5) is 8.62. The van der Waals surface area contributed by atoms with Crippen LogP contribution in [-0.4, -0.2) is 14.5 Å². The van der Waals surface area contributed by atoms with Crippen LogP contribution >= 0.6 is 11.6 Å². The standard InChI is InChI=1S/C16H15ClFN3/c1-10(17)16-20-14-9-19-8-7-15(14)21(16)11(2)12-5-3-4-6-13(12)18/h3-11H,1-2H3. The summed E-state index contributed by atoms with van der Waals surface area (Å²) in [6.45, 7) is 3.81. The van der Waals surface area contributed by atoms with Gasteiger partial charge >= 0.3 is 0 Å². The minimum Gasteiger partial charge on any atom is -0.319 e. The van der Waals surface area contributed by atoms with Gasteiger partial charge in [0.2, 0.25) is 0 Å². The van der Waals surface area contributed by atoms with Crippen LogP contribution in [-0.2, 0) is 0 Å². The molecule has 0 radical (unpaired) electrons. The van der Waals surface area contributed by atoms with E-state index >= 15 is 0 Å². The van der Waals surface area contributed by atoms with Crippen LogP contribution in [0.2, 0.25) is 0 Å². The number of rotatable bonds is 3. The Labute approximate surface area is 127 Å². The molecular formula is C16H15ClFN3. The molecule has 0 bridgehead atoms. The monoisotopic (exact) mass is 303 g/mol. The summed E-state index contributed by atoms with van der Waals surface area (Å²) < 4.78 is 16.1. The van der Waals surface area contributed by atoms with E-state index in [1.807, 2.05) is 30.5 Å². The van der Waals surface area contributed by atoms with Gasteiger partial charge in [-0.2, -0.15) is 0 Å². The number of hydrogen-bond donors (Lipinski definition) is 0. The third kappa shape index (κ3) is 2.40. The van der Waals surface area contributed by atoms with E-state index in [4.69, 9.17) is 11.6 Å². The van der Waals surface area contributed by atoms with Gasteiger partial charge in [-0.1, -0.05) is 18.2 Å². The van der Waals surface area contributed by atoms with Crippen molar-refractivity contribution >= 4 is 22.6 Å². The summed E-state index contributed by atoms with van der Waals surface area (Å²) in [7, 11) is 0. The van der Waals surface area contributed by atoms with E-state index in [9.17, 15) is 4.39 Å². The largest absolute Gasteiger partial charge is 0.319 e. The second kappa shape index (κ2) is 5.45. The van der Waals surface area contributed by atoms with E-state index in [1.54, 1.807) is 24.5 Å². The third-order valence-electron chi connectivity index (χ3n) is 3.62. The molecule has 0 saturated heterocycles. The molecule has 0 aliphatic heterocycles. The molecule has 1 aromatic carbocycles. The summed E-state index contributed by atoms with van der Waals surface area (Å²) in [6.07, 6.45) is 3.40. The first-order valence-electron chi connectivity index (χ1n) is 6.80. The molecule has 3 aromatic rings. The van der Waals surface area contributed by atoms with Crippen LogP contribution in [0.15, 0.2) is 42.7 Å². The Morgan fingerprint density at radius 1 is 1.19 bits per heavy atom. The van der Waals surface area contributed by atoms with E-state index in [1.165, 1.54) is 6.07 Å². The van der Waals surface area contributed by atoms with Gasteiger partial charge in [-0.15, -0.1) is 11.6 Å². The van der Waals surface area contributed by atoms with Crippen molar-refractivity contribution in [3.63, 3.8) is 0 Å². The maximum absolute atomic E-state index is 14.1. The van der Waals surface area contributed by atoms with Crippen molar-refractivity contribution in [2.45, 2.75) is 25.3 Å². The molecule has 21 heavy (non-hydrogen) atoms. The Hall–Kier alpha value is -1.94. The van der Waals surface area contributed by atoms with Gasteiger partial charge in [-0.25, -0.2) is 9.37 Å². The Morgan fingerprint density at radius 3 is 2.67 bits per heavy atom. The fourth-order valence-corrected chi connectivity index (χ4v) is 2.76. The highest BCUT2D eigenvalue weighted by Gasteiger charge is 2.21. The second-order valence-corrected chi connectivity index (χ2v) is 5.67. The molecule has 0 N–H and O–H groups in total. The fraction of sp³-hybridized carbons (Fsp3) is 0.250. The molecule has 108 valence electrons. The molecule has 0 spiro atoms. The minimum atomic E-state index is -0.272. The highest BCUT2D eigenvalue weighted by molar-refractivity contribution is 6.20. The third-order valence-corrected chi connectivity index (χ3v) is 3.81. The number of fused-ring (bicyclic) bond motifs is 1. The Balaban J connectivity index is 2.23. The molecular weight excluding hydrogens is 289 g/mol. The minimum absolute atomic E-state index is 0.199. The average Bonchev–Trinajstić information content (AvgIpc) is 2.86. The van der Waals surface area contributed by atoms with Crippen molar-refractivity contribution in [3.8, 4) is 0 Å². The van der Waals surface area contributed by atoms with Gasteiger partial charge < -0.3 is 4.57 Å². The smallest absolute Gasteiger partial charge is 0.128 e. The zero-order valence-corrected chi connectivity index (χ0v) is 12.5. The average molecular weight is 304 g/mol. The SMILES string of the molecule is CC(Cl)c1nc2cnccc2n1C(C)c1ccccc1F. The van der Waals surface area contributed by atoms with Gasteiger partial charge in [-0.3, -0.25) is 4.98 Å². The predicted octanol–water partition coefficient (Wildman–Crippen LogP) is 4.48. The molecule has 5 heteroatoms. The maximum Gasteiger partial charge on any atom is 0.128 e. The Bertz CT molecular complexity index is 782. The van der Waals surface area contributed by atoms with Crippen molar-refractivity contribution in [1.29, 1.82) is 0 Å². The molecule has 0 saturated carbocycles. The van der Waals surface area contributed by atoms with Crippen molar-refractivity contribution in [2.24, 2.45) is 0 Å². The topological polar surface area (TPSA) is 30.7 Å². The molecule has 2 unspecified atom stereocenters. The zero-order valence-electron chi connectivity index (χ0n) is 11.8. The molecule has 0 fully saturated rings. The van der Waals surface area contributed by atoms with Crippen LogP contribution < -0.4 is 0 Å². The van der Waals surface area contributed by atoms with Crippen LogP contribution in [0.1, 0.15) is 36.7 Å². The van der Waals surface area contributed by atoms with E-state index in [-0.39, 0.29) is 17.2 Å². The van der Waals surface area contributed by atoms with Crippen molar-refractivity contribution in [1.82, 2.24) is 14.5 Å². The highest BCUT2D eigenvalue weighted by atomic mass is 35.5. The van der Waals surface area contributed by atoms with E-state index in [2.05, 4.69) is 9.97 Å². The molecule has 3 rings (SSSR count). The summed E-state index contributed by atoms with van der Waals surface area (Å²) in [5, 5.41) is -0.272. The Kier molecular flexibility index (Phi) is 3.64. The van der Waals surface area contributed by atoms with Gasteiger partial charge in [0.15, 0.2) is 0 Å². The molecule has 0 aliphatic carbocycles. The number of benzene rings is 1. The molecule has 2 atom stereocenters. The molecule has 0 aliphatic rings. The maximum atomic E-state index is 14.1. The van der Waals surface area contributed by atoms with Crippen LogP contribution in [0.5, 0.6) is 0 Å². The fourth-order valence-electron chi connectivity index (χ4n) is 2.61. The van der Waals surface area contributed by atoms with E-state index in [0.717, 1.165) is 16.9 Å². The summed E-state index contributed by atoms with van der Waals surface area (Å²) >= 11 is 6.25. The lowest BCUT2D eigenvalue weighted by molar-refractivity contribution is 0.551. The van der Waals surface area contributed by atoms with Crippen LogP contribution in [0.3, 0.4) is 0 Å². The van der Waals surface area contributed by atoms with E-state index < -0.39 is 0 Å². The summed E-state index contributed by atoms with van der Waals surface area (Å²) in [5.41, 5.74) is 2.29. The quantitative estimate of drug-likeness (QED) is 0.668. The lowest BCUT2D eigenvalue weighted by atomic mass is 10.1. The normalized spacial score (nSPS) is 14.3. The summed E-state index contributed by atoms with van der Waals surface area (Å²) in [5.74, 6) is 0.490. The van der Waals surface area contributed by atoms with Gasteiger partial charge in [0, 0.05) is 11.8 Å². The van der Waals surface area contributed by atoms with Crippen LogP contribution in [0.4, 0.5) is 4.39 Å². The lowest BCUT2D eigenvalue weighted by Gasteiger charge is -2.19. The summed E-state index contributed by atoms with van der Waals surface area (Å²) in [6, 6.07) is 8.45. The Morgan fingerprint density at radius 2 is 1.95 bits per heavy atom. The van der Waals surface area contributed by atoms with Crippen molar-refractivity contribution in [2.75, 3.05) is 0 Å². The number of halogens is 2.